The number of nitrogens with zero attached hydrogens (tertiary/aromatic N) is 1. The Kier molecular flexibility index (Phi) is 3.96. The molecular weight excluding hydrogens is 312 g/mol. The van der Waals surface area contributed by atoms with Crippen molar-refractivity contribution in [3.8, 4) is 5.75 Å². The van der Waals surface area contributed by atoms with Gasteiger partial charge >= 0.3 is 0 Å². The van der Waals surface area contributed by atoms with Crippen molar-refractivity contribution in [1.82, 2.24) is 9.88 Å². The van der Waals surface area contributed by atoms with Crippen LogP contribution in [0.3, 0.4) is 0 Å². The Hall–Kier alpha value is -2.75. The minimum absolute atomic E-state index is 0.0146. The summed E-state index contributed by atoms with van der Waals surface area (Å²) < 4.78 is 0. The Morgan fingerprint density at radius 3 is 2.68 bits per heavy atom. The summed E-state index contributed by atoms with van der Waals surface area (Å²) in [4.78, 5) is 18.0. The number of nitrogens with one attached hydrogen (secondary N) is 1. The molecule has 25 heavy (non-hydrogen) atoms. The van der Waals surface area contributed by atoms with E-state index >= 15 is 0 Å². The van der Waals surface area contributed by atoms with Crippen molar-refractivity contribution < 1.29 is 9.90 Å². The van der Waals surface area contributed by atoms with Crippen molar-refractivity contribution in [3.05, 3.63) is 64.8 Å². The van der Waals surface area contributed by atoms with E-state index in [2.05, 4.69) is 4.98 Å². The van der Waals surface area contributed by atoms with E-state index < -0.39 is 0 Å². The van der Waals surface area contributed by atoms with Crippen LogP contribution >= 0.6 is 0 Å². The molecule has 2 aromatic carbocycles. The van der Waals surface area contributed by atoms with Crippen molar-refractivity contribution in [1.29, 1.82) is 0 Å². The van der Waals surface area contributed by atoms with Gasteiger partial charge < -0.3 is 15.0 Å². The third-order valence-corrected chi connectivity index (χ3v) is 5.05. The van der Waals surface area contributed by atoms with Gasteiger partial charge in [-0.25, -0.2) is 0 Å². The number of fused-ring (bicyclic) bond motifs is 3. The van der Waals surface area contributed by atoms with E-state index in [-0.39, 0.29) is 11.7 Å². The average molecular weight is 334 g/mol. The maximum Gasteiger partial charge on any atom is 0.253 e. The van der Waals surface area contributed by atoms with E-state index in [4.69, 9.17) is 0 Å². The number of amides is 1. The first-order valence-corrected chi connectivity index (χ1v) is 8.78. The van der Waals surface area contributed by atoms with Gasteiger partial charge in [-0.05, 0) is 67.1 Å². The highest BCUT2D eigenvalue weighted by Gasteiger charge is 2.18. The van der Waals surface area contributed by atoms with E-state index in [0.717, 1.165) is 29.5 Å². The highest BCUT2D eigenvalue weighted by Crippen LogP contribution is 2.30. The van der Waals surface area contributed by atoms with Crippen molar-refractivity contribution in [2.24, 2.45) is 0 Å². The van der Waals surface area contributed by atoms with Gasteiger partial charge in [0.1, 0.15) is 5.75 Å². The largest absolute Gasteiger partial charge is 0.508 e. The van der Waals surface area contributed by atoms with Gasteiger partial charge in [0.2, 0.25) is 0 Å². The number of hydrogen-bond donors (Lipinski definition) is 2. The molecule has 0 atom stereocenters. The second kappa shape index (κ2) is 6.28. The summed E-state index contributed by atoms with van der Waals surface area (Å²) >= 11 is 0. The van der Waals surface area contributed by atoms with Gasteiger partial charge in [0, 0.05) is 35.8 Å². The molecule has 0 spiro atoms. The van der Waals surface area contributed by atoms with Crippen LogP contribution in [0.25, 0.3) is 10.9 Å². The van der Waals surface area contributed by atoms with Crippen molar-refractivity contribution in [3.63, 3.8) is 0 Å². The van der Waals surface area contributed by atoms with Gasteiger partial charge in [-0.3, -0.25) is 4.79 Å². The highest BCUT2D eigenvalue weighted by molar-refractivity contribution is 5.99. The van der Waals surface area contributed by atoms with Gasteiger partial charge in [0.15, 0.2) is 0 Å². The van der Waals surface area contributed by atoms with Crippen LogP contribution in [-0.2, 0) is 19.4 Å². The molecule has 4 heteroatoms. The molecule has 0 aliphatic heterocycles. The lowest BCUT2D eigenvalue weighted by molar-refractivity contribution is 0.0785. The predicted octanol–water partition coefficient (Wildman–Crippen LogP) is 4.02. The Morgan fingerprint density at radius 2 is 1.88 bits per heavy atom. The summed E-state index contributed by atoms with van der Waals surface area (Å²) in [5.41, 5.74) is 5.57. The van der Waals surface area contributed by atoms with E-state index in [1.54, 1.807) is 17.0 Å². The first kappa shape index (κ1) is 15.8. The maximum atomic E-state index is 12.8. The number of benzene rings is 2. The van der Waals surface area contributed by atoms with Crippen LogP contribution in [0.15, 0.2) is 42.5 Å². The highest BCUT2D eigenvalue weighted by atomic mass is 16.3. The molecule has 0 saturated heterocycles. The van der Waals surface area contributed by atoms with Gasteiger partial charge in [-0.15, -0.1) is 0 Å². The van der Waals surface area contributed by atoms with Crippen LogP contribution in [0.2, 0.25) is 0 Å². The Labute approximate surface area is 147 Å². The topological polar surface area (TPSA) is 56.3 Å². The van der Waals surface area contributed by atoms with Crippen molar-refractivity contribution in [2.75, 3.05) is 7.05 Å². The monoisotopic (exact) mass is 334 g/mol. The van der Waals surface area contributed by atoms with E-state index in [1.165, 1.54) is 29.5 Å². The summed E-state index contributed by atoms with van der Waals surface area (Å²) in [5, 5.41) is 10.6. The molecule has 1 aliphatic rings. The molecule has 1 aliphatic carbocycles. The van der Waals surface area contributed by atoms with Crippen molar-refractivity contribution >= 4 is 16.8 Å². The lowest BCUT2D eigenvalue weighted by Gasteiger charge is -2.17. The third kappa shape index (κ3) is 3.00. The van der Waals surface area contributed by atoms with Crippen molar-refractivity contribution in [2.45, 2.75) is 32.2 Å². The predicted molar refractivity (Wildman–Crippen MR) is 98.8 cm³/mol. The molecule has 0 fully saturated rings. The summed E-state index contributed by atoms with van der Waals surface area (Å²) in [6.45, 7) is 0.516. The van der Waals surface area contributed by atoms with E-state index in [1.807, 2.05) is 37.4 Å². The summed E-state index contributed by atoms with van der Waals surface area (Å²) in [5.74, 6) is 0.251. The molecule has 2 N–H and O–H groups in total. The summed E-state index contributed by atoms with van der Waals surface area (Å²) in [7, 11) is 1.81. The fourth-order valence-corrected chi connectivity index (χ4v) is 3.71. The smallest absolute Gasteiger partial charge is 0.253 e. The first-order valence-electron chi connectivity index (χ1n) is 8.78. The second-order valence-corrected chi connectivity index (χ2v) is 6.88. The molecule has 1 aromatic heterocycles. The number of aromatic hydroxyl groups is 1. The molecule has 4 nitrogen and oxygen atoms in total. The lowest BCUT2D eigenvalue weighted by Crippen LogP contribution is -2.26. The third-order valence-electron chi connectivity index (χ3n) is 5.05. The zero-order valence-corrected chi connectivity index (χ0v) is 14.4. The average Bonchev–Trinajstić information content (AvgIpc) is 3.01. The van der Waals surface area contributed by atoms with Gasteiger partial charge in [-0.2, -0.15) is 0 Å². The SMILES string of the molecule is CN(Cc1ccc(O)cc1)C(=O)c1ccc2[nH]c3c(c2c1)CCCC3. The Morgan fingerprint density at radius 1 is 1.12 bits per heavy atom. The molecule has 0 bridgehead atoms. The zero-order chi connectivity index (χ0) is 17.4. The quantitative estimate of drug-likeness (QED) is 0.760. The van der Waals surface area contributed by atoms with Gasteiger partial charge in [0.05, 0.1) is 0 Å². The number of phenols is 1. The van der Waals surface area contributed by atoms with E-state index in [0.29, 0.717) is 6.54 Å². The number of aryl methyl sites for hydroxylation is 2. The lowest BCUT2D eigenvalue weighted by atomic mass is 9.95. The first-order chi connectivity index (χ1) is 12.1. The molecule has 1 amide bonds. The Balaban J connectivity index is 1.59. The molecule has 0 radical (unpaired) electrons. The normalized spacial score (nSPS) is 13.6. The fourth-order valence-electron chi connectivity index (χ4n) is 3.71. The molecule has 3 aromatic rings. The number of H-pyrrole nitrogens is 1. The molecule has 1 heterocycles. The maximum absolute atomic E-state index is 12.8. The number of carbonyl (C=O) groups excluding carboxylic acids is 1. The Bertz CT molecular complexity index is 925. The minimum Gasteiger partial charge on any atom is -0.508 e. The summed E-state index contributed by atoms with van der Waals surface area (Å²) in [6.07, 6.45) is 4.66. The number of aromatic nitrogens is 1. The van der Waals surface area contributed by atoms with Gasteiger partial charge in [-0.1, -0.05) is 12.1 Å². The second-order valence-electron chi connectivity index (χ2n) is 6.88. The van der Waals surface area contributed by atoms with Crippen LogP contribution in [-0.4, -0.2) is 27.9 Å². The van der Waals surface area contributed by atoms with Crippen LogP contribution in [0.1, 0.15) is 40.0 Å². The summed E-state index contributed by atoms with van der Waals surface area (Å²) in [6, 6.07) is 12.9. The number of phenolic OH excluding ortho intramolecular Hbond substituents is 1. The van der Waals surface area contributed by atoms with E-state index in [9.17, 15) is 9.90 Å². The molecular formula is C21H22N2O2. The molecule has 4 rings (SSSR count). The van der Waals surface area contributed by atoms with Crippen LogP contribution in [0.5, 0.6) is 5.75 Å². The fraction of sp³-hybridized carbons (Fsp3) is 0.286. The number of rotatable bonds is 3. The number of carbonyl (C=O) groups is 1. The van der Waals surface area contributed by atoms with Crippen LogP contribution in [0.4, 0.5) is 0 Å². The molecule has 0 saturated carbocycles. The number of aromatic amines is 1. The van der Waals surface area contributed by atoms with Crippen LogP contribution in [0, 0.1) is 0 Å². The zero-order valence-electron chi connectivity index (χ0n) is 14.4. The minimum atomic E-state index is 0.0146. The molecule has 128 valence electrons. The van der Waals surface area contributed by atoms with Crippen LogP contribution < -0.4 is 0 Å². The number of hydrogen-bond acceptors (Lipinski definition) is 2. The molecule has 0 unspecified atom stereocenters. The standard InChI is InChI=1S/C21H22N2O2/c1-23(13-14-6-9-16(24)10-7-14)21(25)15-8-11-20-18(12-15)17-4-2-3-5-19(17)22-20/h6-12,22,24H,2-5,13H2,1H3. The van der Waals surface area contributed by atoms with Gasteiger partial charge in [0.25, 0.3) is 5.91 Å².